The fraction of sp³-hybridized carbons (Fsp3) is 0.636. The van der Waals surface area contributed by atoms with Gasteiger partial charge in [-0.3, -0.25) is 0 Å². The lowest BCUT2D eigenvalue weighted by molar-refractivity contribution is 1.01. The smallest absolute Gasteiger partial charge is 0.0308 e. The van der Waals surface area contributed by atoms with Gasteiger partial charge in [-0.2, -0.15) is 0 Å². The zero-order valence-corrected chi connectivity index (χ0v) is 8.49. The largest absolute Gasteiger partial charge is 0.0762 e. The van der Waals surface area contributed by atoms with Crippen molar-refractivity contribution < 1.29 is 0 Å². The molecule has 0 aliphatic rings. The maximum Gasteiger partial charge on any atom is -0.0308 e. The molecule has 0 unspecified atom stereocenters. The predicted octanol–water partition coefficient (Wildman–Crippen LogP) is 4.09. The van der Waals surface area contributed by atoms with E-state index in [4.69, 9.17) is 0 Å². The molecule has 0 aromatic rings. The Bertz CT molecular complexity index is 166. The summed E-state index contributed by atoms with van der Waals surface area (Å²) in [5.41, 5.74) is 4.43. The van der Waals surface area contributed by atoms with Crippen molar-refractivity contribution in [2.75, 3.05) is 0 Å². The average Bonchev–Trinajstić information content (AvgIpc) is 1.98. The first kappa shape index (κ1) is 10.5. The lowest BCUT2D eigenvalue weighted by atomic mass is 10.0. The highest BCUT2D eigenvalue weighted by Gasteiger charge is 1.93. The van der Waals surface area contributed by atoms with Gasteiger partial charge in [0, 0.05) is 0 Å². The molecule has 0 heteroatoms. The van der Waals surface area contributed by atoms with Gasteiger partial charge in [-0.1, -0.05) is 31.1 Å². The van der Waals surface area contributed by atoms with Gasteiger partial charge in [0.2, 0.25) is 0 Å². The van der Waals surface area contributed by atoms with Crippen molar-refractivity contribution in [3.05, 3.63) is 22.8 Å². The minimum absolute atomic E-state index is 1.16. The molecule has 0 aromatic carbocycles. The van der Waals surface area contributed by atoms with E-state index in [1.807, 2.05) is 0 Å². The van der Waals surface area contributed by atoms with Gasteiger partial charge in [-0.25, -0.2) is 0 Å². The summed E-state index contributed by atoms with van der Waals surface area (Å²) in [7, 11) is 0. The topological polar surface area (TPSA) is 0 Å². The van der Waals surface area contributed by atoms with Crippen LogP contribution in [-0.4, -0.2) is 0 Å². The fourth-order valence-electron chi connectivity index (χ4n) is 1.10. The van der Waals surface area contributed by atoms with Gasteiger partial charge >= 0.3 is 0 Å². The summed E-state index contributed by atoms with van der Waals surface area (Å²) in [5, 5.41) is 0. The van der Waals surface area contributed by atoms with Crippen LogP contribution in [0, 0.1) is 0 Å². The Kier molecular flexibility index (Phi) is 4.93. The van der Waals surface area contributed by atoms with E-state index in [0.717, 1.165) is 6.42 Å². The molecular formula is C11H20. The molecule has 64 valence electrons. The summed E-state index contributed by atoms with van der Waals surface area (Å²) >= 11 is 0. The van der Waals surface area contributed by atoms with Crippen LogP contribution in [0.2, 0.25) is 0 Å². The van der Waals surface area contributed by atoms with Crippen molar-refractivity contribution in [1.29, 1.82) is 0 Å². The highest BCUT2D eigenvalue weighted by molar-refractivity contribution is 5.26. The van der Waals surface area contributed by atoms with Gasteiger partial charge in [0.15, 0.2) is 0 Å². The molecule has 0 radical (unpaired) electrons. The monoisotopic (exact) mass is 152 g/mol. The predicted molar refractivity (Wildman–Crippen MR) is 52.7 cm³/mol. The first-order valence-corrected chi connectivity index (χ1v) is 4.45. The molecule has 0 nitrogen and oxygen atoms in total. The van der Waals surface area contributed by atoms with Crippen molar-refractivity contribution in [2.45, 2.75) is 47.5 Å². The number of hydrogen-bond acceptors (Lipinski definition) is 0. The molecule has 0 aliphatic heterocycles. The highest BCUT2D eigenvalue weighted by Crippen LogP contribution is 2.14. The lowest BCUT2D eigenvalue weighted by Gasteiger charge is -2.03. The molecule has 0 saturated heterocycles. The summed E-state index contributed by atoms with van der Waals surface area (Å²) in [6, 6.07) is 0. The second-order valence-corrected chi connectivity index (χ2v) is 3.23. The second-order valence-electron chi connectivity index (χ2n) is 3.23. The molecule has 0 bridgehead atoms. The highest BCUT2D eigenvalue weighted by atomic mass is 14.0. The van der Waals surface area contributed by atoms with Crippen LogP contribution >= 0.6 is 0 Å². The number of hydrogen-bond donors (Lipinski definition) is 0. The summed E-state index contributed by atoms with van der Waals surface area (Å²) in [6.45, 7) is 11.0. The van der Waals surface area contributed by atoms with Crippen molar-refractivity contribution in [1.82, 2.24) is 0 Å². The Labute approximate surface area is 71.0 Å². The second kappa shape index (κ2) is 5.17. The van der Waals surface area contributed by atoms with Crippen LogP contribution in [-0.2, 0) is 0 Å². The molecule has 0 rings (SSSR count). The van der Waals surface area contributed by atoms with Gasteiger partial charge in [-0.05, 0) is 39.2 Å². The third-order valence-electron chi connectivity index (χ3n) is 1.92. The summed E-state index contributed by atoms with van der Waals surface area (Å²) in [6.07, 6.45) is 4.62. The Morgan fingerprint density at radius 3 is 1.82 bits per heavy atom. The maximum absolute atomic E-state index is 2.29. The van der Waals surface area contributed by atoms with Crippen molar-refractivity contribution in [2.24, 2.45) is 0 Å². The van der Waals surface area contributed by atoms with Crippen LogP contribution in [0.1, 0.15) is 47.5 Å². The molecule has 0 saturated carbocycles. The van der Waals surface area contributed by atoms with Crippen LogP contribution < -0.4 is 0 Å². The SMILES string of the molecule is CC/C(C)=C(\C=C(C)C)CC. The van der Waals surface area contributed by atoms with Gasteiger partial charge in [0.25, 0.3) is 0 Å². The Morgan fingerprint density at radius 2 is 1.55 bits per heavy atom. The van der Waals surface area contributed by atoms with Gasteiger partial charge < -0.3 is 0 Å². The normalized spacial score (nSPS) is 12.5. The molecule has 11 heavy (non-hydrogen) atoms. The molecular weight excluding hydrogens is 132 g/mol. The van der Waals surface area contributed by atoms with Crippen molar-refractivity contribution in [3.63, 3.8) is 0 Å². The molecule has 0 aromatic heterocycles. The summed E-state index contributed by atoms with van der Waals surface area (Å²) in [4.78, 5) is 0. The Balaban J connectivity index is 4.52. The Morgan fingerprint density at radius 1 is 1.00 bits per heavy atom. The summed E-state index contributed by atoms with van der Waals surface area (Å²) < 4.78 is 0. The van der Waals surface area contributed by atoms with Crippen LogP contribution in [0.3, 0.4) is 0 Å². The summed E-state index contributed by atoms with van der Waals surface area (Å²) in [5.74, 6) is 0. The quantitative estimate of drug-likeness (QED) is 0.534. The fourth-order valence-corrected chi connectivity index (χ4v) is 1.10. The van der Waals surface area contributed by atoms with Gasteiger partial charge in [0.05, 0.1) is 0 Å². The average molecular weight is 152 g/mol. The molecule has 0 N–H and O–H groups in total. The van der Waals surface area contributed by atoms with Crippen molar-refractivity contribution >= 4 is 0 Å². The van der Waals surface area contributed by atoms with Crippen LogP contribution in [0.15, 0.2) is 22.8 Å². The van der Waals surface area contributed by atoms with Gasteiger partial charge in [-0.15, -0.1) is 0 Å². The minimum atomic E-state index is 1.16. The van der Waals surface area contributed by atoms with Crippen LogP contribution in [0.5, 0.6) is 0 Å². The van der Waals surface area contributed by atoms with E-state index < -0.39 is 0 Å². The van der Waals surface area contributed by atoms with E-state index in [-0.39, 0.29) is 0 Å². The van der Waals surface area contributed by atoms with E-state index in [1.54, 1.807) is 0 Å². The number of rotatable bonds is 3. The van der Waals surface area contributed by atoms with Crippen LogP contribution in [0.25, 0.3) is 0 Å². The number of allylic oxidation sites excluding steroid dienone is 4. The first-order chi connectivity index (χ1) is 5.11. The van der Waals surface area contributed by atoms with Gasteiger partial charge in [0.1, 0.15) is 0 Å². The molecule has 0 aliphatic carbocycles. The van der Waals surface area contributed by atoms with E-state index in [1.165, 1.54) is 23.1 Å². The maximum atomic E-state index is 2.29. The Hall–Kier alpha value is -0.520. The minimum Gasteiger partial charge on any atom is -0.0762 e. The zero-order valence-electron chi connectivity index (χ0n) is 8.49. The molecule has 0 fully saturated rings. The molecule has 0 spiro atoms. The third-order valence-corrected chi connectivity index (χ3v) is 1.92. The first-order valence-electron chi connectivity index (χ1n) is 4.45. The molecule has 0 heterocycles. The molecule has 0 amide bonds. The molecule has 0 atom stereocenters. The standard InChI is InChI=1S/C11H20/c1-6-10(5)11(7-2)8-9(3)4/h8H,6-7H2,1-5H3/b11-10-. The van der Waals surface area contributed by atoms with Crippen LogP contribution in [0.4, 0.5) is 0 Å². The van der Waals surface area contributed by atoms with E-state index in [2.05, 4.69) is 40.7 Å². The third kappa shape index (κ3) is 4.02. The van der Waals surface area contributed by atoms with E-state index >= 15 is 0 Å². The zero-order chi connectivity index (χ0) is 8.85. The van der Waals surface area contributed by atoms with Crippen molar-refractivity contribution in [3.8, 4) is 0 Å². The van der Waals surface area contributed by atoms with E-state index in [9.17, 15) is 0 Å². The van der Waals surface area contributed by atoms with E-state index in [0.29, 0.717) is 0 Å². The lowest BCUT2D eigenvalue weighted by Crippen LogP contribution is -1.83.